The van der Waals surface area contributed by atoms with Crippen LogP contribution in [-0.2, 0) is 9.53 Å². The minimum Gasteiger partial charge on any atom is -0.454 e. The Bertz CT molecular complexity index is 1390. The molecule has 0 saturated carbocycles. The third-order valence-corrected chi connectivity index (χ3v) is 5.69. The second-order valence-electron chi connectivity index (χ2n) is 8.03. The van der Waals surface area contributed by atoms with Gasteiger partial charge in [0.2, 0.25) is 5.91 Å². The van der Waals surface area contributed by atoms with Crippen LogP contribution in [0, 0.1) is 6.92 Å². The largest absolute Gasteiger partial charge is 0.454 e. The summed E-state index contributed by atoms with van der Waals surface area (Å²) in [6.45, 7) is 4.01. The first-order chi connectivity index (χ1) is 17.4. The molecule has 2 aromatic carbocycles. The summed E-state index contributed by atoms with van der Waals surface area (Å²) in [7, 11) is 1.50. The van der Waals surface area contributed by atoms with E-state index in [0.717, 1.165) is 27.8 Å². The number of halogens is 1. The monoisotopic (exact) mass is 503 g/mol. The first-order valence-corrected chi connectivity index (χ1v) is 11.7. The van der Waals surface area contributed by atoms with E-state index in [2.05, 4.69) is 25.6 Å². The summed E-state index contributed by atoms with van der Waals surface area (Å²) in [5, 5.41) is 7.41. The van der Waals surface area contributed by atoms with Gasteiger partial charge in [-0.3, -0.25) is 9.78 Å². The van der Waals surface area contributed by atoms with Gasteiger partial charge in [-0.2, -0.15) is 0 Å². The van der Waals surface area contributed by atoms with Crippen molar-refractivity contribution in [2.24, 2.45) is 0 Å². The molecule has 0 saturated heterocycles. The molecular weight excluding hydrogens is 478 g/mol. The van der Waals surface area contributed by atoms with Gasteiger partial charge in [-0.25, -0.2) is 9.97 Å². The van der Waals surface area contributed by atoms with Gasteiger partial charge in [-0.05, 0) is 61.9 Å². The molecule has 2 aromatic heterocycles. The molecule has 0 bridgehead atoms. The molecule has 1 atom stereocenters. The topological polar surface area (TPSA) is 98.3 Å². The van der Waals surface area contributed by atoms with Gasteiger partial charge in [0.25, 0.3) is 0 Å². The van der Waals surface area contributed by atoms with Crippen molar-refractivity contribution in [3.8, 4) is 11.5 Å². The molecule has 9 heteroatoms. The number of nitrogens with one attached hydrogen (secondary N) is 2. The van der Waals surface area contributed by atoms with Gasteiger partial charge >= 0.3 is 0 Å². The number of anilines is 2. The average Bonchev–Trinajstić information content (AvgIpc) is 2.89. The number of aromatic nitrogens is 3. The minimum atomic E-state index is -0.487. The highest BCUT2D eigenvalue weighted by Gasteiger charge is 2.10. The van der Waals surface area contributed by atoms with Crippen LogP contribution in [0.2, 0.25) is 5.02 Å². The van der Waals surface area contributed by atoms with Gasteiger partial charge in [0.15, 0.2) is 0 Å². The zero-order chi connectivity index (χ0) is 25.5. The van der Waals surface area contributed by atoms with Gasteiger partial charge < -0.3 is 20.1 Å². The van der Waals surface area contributed by atoms with Gasteiger partial charge in [0, 0.05) is 30.4 Å². The maximum absolute atomic E-state index is 11.8. The quantitative estimate of drug-likeness (QED) is 0.303. The van der Waals surface area contributed by atoms with E-state index in [0.29, 0.717) is 28.9 Å². The molecule has 0 spiro atoms. The number of hydrogen-bond donors (Lipinski definition) is 2. The highest BCUT2D eigenvalue weighted by atomic mass is 35.5. The number of benzene rings is 2. The summed E-state index contributed by atoms with van der Waals surface area (Å²) in [5.41, 5.74) is 3.41. The summed E-state index contributed by atoms with van der Waals surface area (Å²) >= 11 is 6.48. The fraction of sp³-hybridized carbons (Fsp3) is 0.185. The molecule has 0 aliphatic heterocycles. The SMILES string of the molecule is COC(C)C(=O)NCC=Cc1ccc2ncnc(Nc3ccc(Oc4ccc(C)nc4)c(Cl)c3)c2c1. The van der Waals surface area contributed by atoms with Crippen molar-refractivity contribution in [3.63, 3.8) is 0 Å². The lowest BCUT2D eigenvalue weighted by atomic mass is 10.1. The molecule has 8 nitrogen and oxygen atoms in total. The third kappa shape index (κ3) is 6.35. The van der Waals surface area contributed by atoms with Crippen LogP contribution in [0.25, 0.3) is 17.0 Å². The van der Waals surface area contributed by atoms with Crippen molar-refractivity contribution in [2.75, 3.05) is 19.0 Å². The van der Waals surface area contributed by atoms with Gasteiger partial charge in [0.05, 0.1) is 16.7 Å². The molecule has 0 radical (unpaired) electrons. The zero-order valence-electron chi connectivity index (χ0n) is 20.2. The molecule has 184 valence electrons. The molecule has 2 heterocycles. The number of nitrogens with zero attached hydrogens (tertiary/aromatic N) is 3. The number of hydrogen-bond acceptors (Lipinski definition) is 7. The van der Waals surface area contributed by atoms with Crippen LogP contribution >= 0.6 is 11.6 Å². The summed E-state index contributed by atoms with van der Waals surface area (Å²) in [5.74, 6) is 1.62. The molecule has 0 fully saturated rings. The van der Waals surface area contributed by atoms with Crippen molar-refractivity contribution in [1.82, 2.24) is 20.3 Å². The number of carbonyl (C=O) groups excluding carboxylic acids is 1. The fourth-order valence-corrected chi connectivity index (χ4v) is 3.54. The lowest BCUT2D eigenvalue weighted by molar-refractivity contribution is -0.129. The van der Waals surface area contributed by atoms with Crippen molar-refractivity contribution < 1.29 is 14.3 Å². The number of ether oxygens (including phenoxy) is 2. The molecule has 0 aliphatic carbocycles. The number of aryl methyl sites for hydroxylation is 1. The Morgan fingerprint density at radius 1 is 1.11 bits per heavy atom. The van der Waals surface area contributed by atoms with Crippen LogP contribution in [0.15, 0.2) is 67.1 Å². The van der Waals surface area contributed by atoms with E-state index >= 15 is 0 Å². The van der Waals surface area contributed by atoms with Crippen LogP contribution < -0.4 is 15.4 Å². The second kappa shape index (κ2) is 11.6. The van der Waals surface area contributed by atoms with Gasteiger partial charge in [-0.1, -0.05) is 29.8 Å². The maximum Gasteiger partial charge on any atom is 0.249 e. The summed E-state index contributed by atoms with van der Waals surface area (Å²) in [6, 6.07) is 15.0. The predicted molar refractivity (Wildman–Crippen MR) is 142 cm³/mol. The smallest absolute Gasteiger partial charge is 0.249 e. The second-order valence-corrected chi connectivity index (χ2v) is 8.44. The van der Waals surface area contributed by atoms with E-state index in [1.54, 1.807) is 25.3 Å². The molecule has 1 unspecified atom stereocenters. The fourth-order valence-electron chi connectivity index (χ4n) is 3.32. The summed E-state index contributed by atoms with van der Waals surface area (Å²) in [4.78, 5) is 24.8. The van der Waals surface area contributed by atoms with E-state index in [1.165, 1.54) is 13.4 Å². The van der Waals surface area contributed by atoms with Crippen molar-refractivity contribution in [1.29, 1.82) is 0 Å². The van der Waals surface area contributed by atoms with Crippen LogP contribution in [0.1, 0.15) is 18.2 Å². The van der Waals surface area contributed by atoms with Crippen LogP contribution in [0.5, 0.6) is 11.5 Å². The Hall–Kier alpha value is -4.01. The van der Waals surface area contributed by atoms with Crippen molar-refractivity contribution >= 4 is 46.0 Å². The number of pyridine rings is 1. The van der Waals surface area contributed by atoms with Crippen LogP contribution in [0.4, 0.5) is 11.5 Å². The van der Waals surface area contributed by atoms with Crippen LogP contribution in [-0.4, -0.2) is 40.6 Å². The Balaban J connectivity index is 1.48. The third-order valence-electron chi connectivity index (χ3n) is 5.39. The van der Waals surface area contributed by atoms with E-state index in [1.807, 2.05) is 55.5 Å². The molecule has 36 heavy (non-hydrogen) atoms. The molecule has 1 amide bonds. The highest BCUT2D eigenvalue weighted by Crippen LogP contribution is 2.33. The average molecular weight is 504 g/mol. The first-order valence-electron chi connectivity index (χ1n) is 11.3. The molecular formula is C27H26ClN5O3. The zero-order valence-corrected chi connectivity index (χ0v) is 20.9. The lowest BCUT2D eigenvalue weighted by Gasteiger charge is -2.12. The number of rotatable bonds is 9. The summed E-state index contributed by atoms with van der Waals surface area (Å²) in [6.07, 6.45) is 6.48. The number of amides is 1. The Kier molecular flexibility index (Phi) is 8.10. The Morgan fingerprint density at radius 3 is 2.72 bits per heavy atom. The van der Waals surface area contributed by atoms with E-state index in [4.69, 9.17) is 21.1 Å². The van der Waals surface area contributed by atoms with E-state index < -0.39 is 6.10 Å². The summed E-state index contributed by atoms with van der Waals surface area (Å²) < 4.78 is 10.9. The van der Waals surface area contributed by atoms with Crippen molar-refractivity contribution in [3.05, 3.63) is 83.4 Å². The molecule has 0 aliphatic rings. The number of fused-ring (bicyclic) bond motifs is 1. The standard InChI is InChI=1S/C27H26ClN5O3/c1-17-6-9-21(15-30-17)36-25-11-8-20(14-23(25)28)33-26-22-13-19(7-10-24(22)31-16-32-26)5-4-12-29-27(34)18(2)35-3/h4-11,13-16,18H,12H2,1-3H3,(H,29,34)(H,31,32,33). The highest BCUT2D eigenvalue weighted by molar-refractivity contribution is 6.32. The lowest BCUT2D eigenvalue weighted by Crippen LogP contribution is -2.33. The molecule has 2 N–H and O–H groups in total. The minimum absolute atomic E-state index is 0.161. The van der Waals surface area contributed by atoms with Crippen molar-refractivity contribution in [2.45, 2.75) is 20.0 Å². The number of methoxy groups -OCH3 is 1. The molecule has 4 rings (SSSR count). The van der Waals surface area contributed by atoms with E-state index in [-0.39, 0.29) is 5.91 Å². The van der Waals surface area contributed by atoms with E-state index in [9.17, 15) is 4.79 Å². The number of carbonyl (C=O) groups is 1. The van der Waals surface area contributed by atoms with Gasteiger partial charge in [-0.15, -0.1) is 0 Å². The Labute approximate surface area is 214 Å². The first kappa shape index (κ1) is 25.1. The normalized spacial score (nSPS) is 12.0. The predicted octanol–water partition coefficient (Wildman–Crippen LogP) is 5.69. The Morgan fingerprint density at radius 2 is 1.97 bits per heavy atom. The van der Waals surface area contributed by atoms with Gasteiger partial charge in [0.1, 0.15) is 29.7 Å². The van der Waals surface area contributed by atoms with Crippen LogP contribution in [0.3, 0.4) is 0 Å². The maximum atomic E-state index is 11.8. The molecule has 4 aromatic rings.